The topological polar surface area (TPSA) is 24.9 Å². The zero-order chi connectivity index (χ0) is 13.0. The number of thiazole rings is 1. The lowest BCUT2D eigenvalue weighted by atomic mass is 10.1. The average Bonchev–Trinajstić information content (AvgIpc) is 2.57. The van der Waals surface area contributed by atoms with Gasteiger partial charge in [-0.25, -0.2) is 4.98 Å². The molecule has 0 saturated carbocycles. The molecule has 3 heteroatoms. The Morgan fingerprint density at radius 3 is 2.24 bits per heavy atom. The summed E-state index contributed by atoms with van der Waals surface area (Å²) in [6.07, 6.45) is 1.10. The summed E-state index contributed by atoms with van der Waals surface area (Å²) in [7, 11) is 0. The molecule has 2 nitrogen and oxygen atoms in total. The molecule has 0 unspecified atom stereocenters. The normalized spacial score (nSPS) is 12.1. The molecule has 0 amide bonds. The first kappa shape index (κ1) is 14.7. The van der Waals surface area contributed by atoms with Crippen molar-refractivity contribution < 1.29 is 0 Å². The number of hydrogen-bond acceptors (Lipinski definition) is 3. The second kappa shape index (κ2) is 6.50. The predicted molar refractivity (Wildman–Crippen MR) is 76.7 cm³/mol. The zero-order valence-corrected chi connectivity index (χ0v) is 12.8. The minimum Gasteiger partial charge on any atom is -0.310 e. The van der Waals surface area contributed by atoms with Gasteiger partial charge in [-0.1, -0.05) is 41.5 Å². The van der Waals surface area contributed by atoms with Crippen LogP contribution < -0.4 is 5.32 Å². The minimum atomic E-state index is 0.534. The van der Waals surface area contributed by atoms with E-state index in [2.05, 4.69) is 46.9 Å². The summed E-state index contributed by atoms with van der Waals surface area (Å²) in [5.41, 5.74) is 1.31. The van der Waals surface area contributed by atoms with E-state index in [0.717, 1.165) is 13.0 Å². The van der Waals surface area contributed by atoms with Gasteiger partial charge in [0.25, 0.3) is 0 Å². The fraction of sp³-hybridized carbons (Fsp3) is 0.786. The van der Waals surface area contributed by atoms with Crippen LogP contribution in [0.15, 0.2) is 0 Å². The standard InChI is InChI=1S/C14H26N2S/c1-9(2)7-12-13(8-15-11(5)6)17-14(16-12)10(3)4/h9-11,15H,7-8H2,1-6H3. The quantitative estimate of drug-likeness (QED) is 0.831. The first-order valence-corrected chi connectivity index (χ1v) is 7.43. The molecule has 1 N–H and O–H groups in total. The lowest BCUT2D eigenvalue weighted by Crippen LogP contribution is -2.22. The smallest absolute Gasteiger partial charge is 0.0957 e. The molecule has 0 aliphatic carbocycles. The van der Waals surface area contributed by atoms with Gasteiger partial charge in [0.05, 0.1) is 10.7 Å². The van der Waals surface area contributed by atoms with E-state index in [0.29, 0.717) is 17.9 Å². The van der Waals surface area contributed by atoms with Gasteiger partial charge >= 0.3 is 0 Å². The van der Waals surface area contributed by atoms with E-state index in [4.69, 9.17) is 4.98 Å². The van der Waals surface area contributed by atoms with E-state index < -0.39 is 0 Å². The van der Waals surface area contributed by atoms with Gasteiger partial charge in [0.1, 0.15) is 0 Å². The van der Waals surface area contributed by atoms with Gasteiger partial charge in [0.15, 0.2) is 0 Å². The molecule has 0 aliphatic rings. The Balaban J connectivity index is 2.83. The fourth-order valence-corrected chi connectivity index (χ4v) is 2.68. The van der Waals surface area contributed by atoms with Crippen molar-refractivity contribution in [3.8, 4) is 0 Å². The Bertz CT molecular complexity index is 340. The minimum absolute atomic E-state index is 0.534. The second-order valence-corrected chi connectivity index (χ2v) is 6.83. The molecule has 0 fully saturated rings. The summed E-state index contributed by atoms with van der Waals surface area (Å²) in [6, 6.07) is 0.534. The van der Waals surface area contributed by atoms with Crippen molar-refractivity contribution in [2.24, 2.45) is 5.92 Å². The van der Waals surface area contributed by atoms with Gasteiger partial charge in [0.2, 0.25) is 0 Å². The lowest BCUT2D eigenvalue weighted by molar-refractivity contribution is 0.581. The highest BCUT2D eigenvalue weighted by Crippen LogP contribution is 2.26. The van der Waals surface area contributed by atoms with E-state index in [1.54, 1.807) is 0 Å². The number of aromatic nitrogens is 1. The van der Waals surface area contributed by atoms with Crippen molar-refractivity contribution >= 4 is 11.3 Å². The van der Waals surface area contributed by atoms with Crippen LogP contribution in [0.4, 0.5) is 0 Å². The third-order valence-corrected chi connectivity index (χ3v) is 3.96. The molecule has 0 saturated heterocycles. The summed E-state index contributed by atoms with van der Waals surface area (Å²) < 4.78 is 0. The van der Waals surface area contributed by atoms with E-state index in [9.17, 15) is 0 Å². The highest BCUT2D eigenvalue weighted by molar-refractivity contribution is 7.11. The van der Waals surface area contributed by atoms with Crippen molar-refractivity contribution in [3.63, 3.8) is 0 Å². The molecule has 0 bridgehead atoms. The molecule has 0 aromatic carbocycles. The largest absolute Gasteiger partial charge is 0.310 e. The zero-order valence-electron chi connectivity index (χ0n) is 12.0. The van der Waals surface area contributed by atoms with Gasteiger partial charge in [-0.3, -0.25) is 0 Å². The van der Waals surface area contributed by atoms with E-state index in [-0.39, 0.29) is 0 Å². The van der Waals surface area contributed by atoms with Gasteiger partial charge in [0, 0.05) is 23.4 Å². The van der Waals surface area contributed by atoms with Crippen LogP contribution in [0.25, 0.3) is 0 Å². The highest BCUT2D eigenvalue weighted by Gasteiger charge is 2.14. The second-order valence-electron chi connectivity index (χ2n) is 5.71. The van der Waals surface area contributed by atoms with Crippen molar-refractivity contribution in [1.29, 1.82) is 0 Å². The molecule has 0 aliphatic heterocycles. The molecule has 17 heavy (non-hydrogen) atoms. The number of hydrogen-bond donors (Lipinski definition) is 1. The van der Waals surface area contributed by atoms with E-state index >= 15 is 0 Å². The van der Waals surface area contributed by atoms with Gasteiger partial charge in [-0.05, 0) is 12.3 Å². The van der Waals surface area contributed by atoms with Gasteiger partial charge in [-0.15, -0.1) is 11.3 Å². The molecule has 1 rings (SSSR count). The van der Waals surface area contributed by atoms with Crippen LogP contribution in [0, 0.1) is 5.92 Å². The predicted octanol–water partition coefficient (Wildman–Crippen LogP) is 3.96. The molecule has 0 atom stereocenters. The van der Waals surface area contributed by atoms with Crippen molar-refractivity contribution in [1.82, 2.24) is 10.3 Å². The summed E-state index contributed by atoms with van der Waals surface area (Å²) in [5.74, 6) is 1.22. The SMILES string of the molecule is CC(C)Cc1nc(C(C)C)sc1CNC(C)C. The van der Waals surface area contributed by atoms with Crippen LogP contribution in [-0.4, -0.2) is 11.0 Å². The van der Waals surface area contributed by atoms with Crippen molar-refractivity contribution in [3.05, 3.63) is 15.6 Å². The summed E-state index contributed by atoms with van der Waals surface area (Å²) in [4.78, 5) is 6.23. The maximum absolute atomic E-state index is 4.81. The molecule has 1 heterocycles. The fourth-order valence-electron chi connectivity index (χ4n) is 1.63. The van der Waals surface area contributed by atoms with Crippen LogP contribution >= 0.6 is 11.3 Å². The maximum Gasteiger partial charge on any atom is 0.0957 e. The van der Waals surface area contributed by atoms with Crippen LogP contribution in [-0.2, 0) is 13.0 Å². The van der Waals surface area contributed by atoms with E-state index in [1.807, 2.05) is 11.3 Å². The average molecular weight is 254 g/mol. The molecular formula is C14H26N2S. The Morgan fingerprint density at radius 2 is 1.76 bits per heavy atom. The van der Waals surface area contributed by atoms with Crippen LogP contribution in [0.2, 0.25) is 0 Å². The van der Waals surface area contributed by atoms with Crippen LogP contribution in [0.3, 0.4) is 0 Å². The van der Waals surface area contributed by atoms with Crippen LogP contribution in [0.1, 0.15) is 63.0 Å². The monoisotopic (exact) mass is 254 g/mol. The van der Waals surface area contributed by atoms with Gasteiger partial charge < -0.3 is 5.32 Å². The highest BCUT2D eigenvalue weighted by atomic mass is 32.1. The third-order valence-electron chi connectivity index (χ3n) is 2.56. The first-order chi connectivity index (χ1) is 7.90. The first-order valence-electron chi connectivity index (χ1n) is 6.62. The number of nitrogens with one attached hydrogen (secondary N) is 1. The molecule has 1 aromatic heterocycles. The van der Waals surface area contributed by atoms with Crippen molar-refractivity contribution in [2.45, 2.75) is 66.5 Å². The Kier molecular flexibility index (Phi) is 5.60. The van der Waals surface area contributed by atoms with Crippen molar-refractivity contribution in [2.75, 3.05) is 0 Å². The van der Waals surface area contributed by atoms with Gasteiger partial charge in [-0.2, -0.15) is 0 Å². The lowest BCUT2D eigenvalue weighted by Gasteiger charge is -2.08. The third kappa shape index (κ3) is 4.76. The maximum atomic E-state index is 4.81. The number of rotatable bonds is 6. The molecule has 1 aromatic rings. The van der Waals surface area contributed by atoms with Crippen LogP contribution in [0.5, 0.6) is 0 Å². The Morgan fingerprint density at radius 1 is 1.12 bits per heavy atom. The molecule has 0 spiro atoms. The number of nitrogens with zero attached hydrogens (tertiary/aromatic N) is 1. The Hall–Kier alpha value is -0.410. The summed E-state index contributed by atoms with van der Waals surface area (Å²) >= 11 is 1.88. The Labute approximate surface area is 110 Å². The molecular weight excluding hydrogens is 228 g/mol. The summed E-state index contributed by atoms with van der Waals surface area (Å²) in [6.45, 7) is 14.3. The molecule has 98 valence electrons. The summed E-state index contributed by atoms with van der Waals surface area (Å²) in [5, 5.41) is 4.78. The molecule has 0 radical (unpaired) electrons. The van der Waals surface area contributed by atoms with E-state index in [1.165, 1.54) is 15.6 Å².